The van der Waals surface area contributed by atoms with Crippen molar-refractivity contribution in [3.05, 3.63) is 88.4 Å². The summed E-state index contributed by atoms with van der Waals surface area (Å²) in [5, 5.41) is 1.17. The van der Waals surface area contributed by atoms with E-state index in [9.17, 15) is 0 Å². The highest BCUT2D eigenvalue weighted by Gasteiger charge is 1.99. The topological polar surface area (TPSA) is 18.5 Å². The third-order valence-electron chi connectivity index (χ3n) is 3.27. The van der Waals surface area contributed by atoms with E-state index in [1.807, 2.05) is 54.6 Å². The molecule has 0 saturated heterocycles. The molecule has 0 unspecified atom stereocenters. The molecule has 0 radical (unpaired) electrons. The lowest BCUT2D eigenvalue weighted by molar-refractivity contribution is 0.369. The molecular formula is C21H14Cl2O2. The van der Waals surface area contributed by atoms with Crippen LogP contribution < -0.4 is 9.47 Å². The predicted molar refractivity (Wildman–Crippen MR) is 102 cm³/mol. The zero-order valence-electron chi connectivity index (χ0n) is 13.2. The Bertz CT molecular complexity index is 895. The molecule has 0 aliphatic heterocycles. The smallest absolute Gasteiger partial charge is 0.149 e. The molecule has 3 aromatic rings. The molecule has 124 valence electrons. The van der Waals surface area contributed by atoms with Crippen LogP contribution in [0.15, 0.2) is 72.8 Å². The summed E-state index contributed by atoms with van der Waals surface area (Å²) in [6, 6.07) is 22.2. The largest absolute Gasteiger partial charge is 0.481 e. The van der Waals surface area contributed by atoms with E-state index in [0.29, 0.717) is 21.4 Å². The van der Waals surface area contributed by atoms with Gasteiger partial charge in [0.25, 0.3) is 0 Å². The van der Waals surface area contributed by atoms with E-state index in [2.05, 4.69) is 11.8 Å². The van der Waals surface area contributed by atoms with Crippen LogP contribution in [0.1, 0.15) is 5.56 Å². The first-order valence-corrected chi connectivity index (χ1v) is 8.36. The van der Waals surface area contributed by atoms with Crippen LogP contribution in [-0.4, -0.2) is 6.61 Å². The predicted octanol–water partition coefficient (Wildman–Crippen LogP) is 6.22. The van der Waals surface area contributed by atoms with Gasteiger partial charge < -0.3 is 9.47 Å². The van der Waals surface area contributed by atoms with Gasteiger partial charge in [-0.3, -0.25) is 0 Å². The monoisotopic (exact) mass is 368 g/mol. The molecule has 3 rings (SSSR count). The van der Waals surface area contributed by atoms with Crippen LogP contribution in [0.4, 0.5) is 0 Å². The summed E-state index contributed by atoms with van der Waals surface area (Å²) < 4.78 is 11.3. The molecule has 4 heteroatoms. The van der Waals surface area contributed by atoms with Crippen LogP contribution in [-0.2, 0) is 0 Å². The Kier molecular flexibility index (Phi) is 5.85. The van der Waals surface area contributed by atoms with Gasteiger partial charge in [-0.25, -0.2) is 0 Å². The van der Waals surface area contributed by atoms with Crippen LogP contribution in [0.25, 0.3) is 0 Å². The van der Waals surface area contributed by atoms with Crippen molar-refractivity contribution in [3.8, 4) is 29.1 Å². The molecule has 0 aromatic heterocycles. The van der Waals surface area contributed by atoms with Crippen molar-refractivity contribution in [1.82, 2.24) is 0 Å². The molecule has 0 spiro atoms. The molecular weight excluding hydrogens is 355 g/mol. The zero-order chi connectivity index (χ0) is 17.5. The van der Waals surface area contributed by atoms with Crippen molar-refractivity contribution in [2.75, 3.05) is 6.61 Å². The Labute approximate surface area is 156 Å². The Hall–Kier alpha value is -2.60. The molecule has 25 heavy (non-hydrogen) atoms. The average Bonchev–Trinajstić information content (AvgIpc) is 2.64. The molecule has 2 nitrogen and oxygen atoms in total. The van der Waals surface area contributed by atoms with Gasteiger partial charge in [0.1, 0.15) is 23.9 Å². The zero-order valence-corrected chi connectivity index (χ0v) is 14.7. The molecule has 0 amide bonds. The van der Waals surface area contributed by atoms with E-state index in [-0.39, 0.29) is 6.61 Å². The first kappa shape index (κ1) is 17.2. The Balaban J connectivity index is 1.56. The van der Waals surface area contributed by atoms with E-state index in [1.165, 1.54) is 0 Å². The third kappa shape index (κ3) is 5.19. The summed E-state index contributed by atoms with van der Waals surface area (Å²) >= 11 is 12.0. The van der Waals surface area contributed by atoms with Gasteiger partial charge in [-0.1, -0.05) is 53.2 Å². The summed E-state index contributed by atoms with van der Waals surface area (Å²) in [5.74, 6) is 8.13. The van der Waals surface area contributed by atoms with Gasteiger partial charge in [0.15, 0.2) is 0 Å². The second kappa shape index (κ2) is 8.48. The number of benzene rings is 3. The molecule has 0 aliphatic carbocycles. The normalized spacial score (nSPS) is 9.84. The Morgan fingerprint density at radius 2 is 1.44 bits per heavy atom. The molecule has 3 aromatic carbocycles. The maximum absolute atomic E-state index is 6.06. The molecule has 0 N–H and O–H groups in total. The third-order valence-corrected chi connectivity index (χ3v) is 3.83. The van der Waals surface area contributed by atoms with Gasteiger partial charge in [-0.2, -0.15) is 0 Å². The van der Waals surface area contributed by atoms with Crippen LogP contribution in [0.2, 0.25) is 10.0 Å². The number of halogens is 2. The van der Waals surface area contributed by atoms with Gasteiger partial charge in [-0.05, 0) is 54.6 Å². The van der Waals surface area contributed by atoms with Gasteiger partial charge in [0, 0.05) is 10.6 Å². The number of para-hydroxylation sites is 1. The van der Waals surface area contributed by atoms with Crippen molar-refractivity contribution >= 4 is 23.2 Å². The van der Waals surface area contributed by atoms with Crippen molar-refractivity contribution < 1.29 is 9.47 Å². The number of hydrogen-bond donors (Lipinski definition) is 0. The molecule has 0 saturated carbocycles. The summed E-state index contributed by atoms with van der Waals surface area (Å²) in [6.45, 7) is 0.252. The maximum Gasteiger partial charge on any atom is 0.149 e. The van der Waals surface area contributed by atoms with Crippen molar-refractivity contribution in [2.45, 2.75) is 0 Å². The highest BCUT2D eigenvalue weighted by Crippen LogP contribution is 2.23. The fourth-order valence-electron chi connectivity index (χ4n) is 2.07. The van der Waals surface area contributed by atoms with Gasteiger partial charge in [0.05, 0.1) is 5.02 Å². The molecule has 0 heterocycles. The van der Waals surface area contributed by atoms with Gasteiger partial charge in [-0.15, -0.1) is 0 Å². The quantitative estimate of drug-likeness (QED) is 0.509. The fraction of sp³-hybridized carbons (Fsp3) is 0.0476. The fourth-order valence-corrected chi connectivity index (χ4v) is 2.41. The minimum Gasteiger partial charge on any atom is -0.481 e. The van der Waals surface area contributed by atoms with Crippen molar-refractivity contribution in [2.24, 2.45) is 0 Å². The summed E-state index contributed by atoms with van der Waals surface area (Å²) in [4.78, 5) is 0. The van der Waals surface area contributed by atoms with Crippen LogP contribution in [0.3, 0.4) is 0 Å². The van der Waals surface area contributed by atoms with E-state index < -0.39 is 0 Å². The minimum absolute atomic E-state index is 0.252. The standard InChI is InChI=1S/C21H14Cl2O2/c22-17-8-13-21(23)16(15-17)5-4-14-24-18-9-11-20(12-10-18)25-19-6-2-1-3-7-19/h1-3,6-13,15H,14H2. The summed E-state index contributed by atoms with van der Waals surface area (Å²) in [5.41, 5.74) is 0.685. The second-order valence-electron chi connectivity index (χ2n) is 5.10. The van der Waals surface area contributed by atoms with E-state index in [0.717, 1.165) is 11.5 Å². The van der Waals surface area contributed by atoms with E-state index in [4.69, 9.17) is 32.7 Å². The molecule has 0 atom stereocenters. The number of rotatable bonds is 4. The highest BCUT2D eigenvalue weighted by atomic mass is 35.5. The van der Waals surface area contributed by atoms with Crippen LogP contribution in [0, 0.1) is 11.8 Å². The lowest BCUT2D eigenvalue weighted by Crippen LogP contribution is -1.94. The lowest BCUT2D eigenvalue weighted by atomic mass is 10.2. The number of hydrogen-bond acceptors (Lipinski definition) is 2. The first-order chi connectivity index (χ1) is 12.2. The summed E-state index contributed by atoms with van der Waals surface area (Å²) in [6.07, 6.45) is 0. The van der Waals surface area contributed by atoms with E-state index >= 15 is 0 Å². The SMILES string of the molecule is Clc1ccc(Cl)c(C#CCOc2ccc(Oc3ccccc3)cc2)c1. The molecule has 0 fully saturated rings. The second-order valence-corrected chi connectivity index (χ2v) is 5.94. The molecule has 0 bridgehead atoms. The Morgan fingerprint density at radius 3 is 2.20 bits per heavy atom. The van der Waals surface area contributed by atoms with Crippen LogP contribution >= 0.6 is 23.2 Å². The number of ether oxygens (including phenoxy) is 2. The highest BCUT2D eigenvalue weighted by molar-refractivity contribution is 6.33. The van der Waals surface area contributed by atoms with Gasteiger partial charge >= 0.3 is 0 Å². The minimum atomic E-state index is 0.252. The van der Waals surface area contributed by atoms with E-state index in [1.54, 1.807) is 18.2 Å². The van der Waals surface area contributed by atoms with Crippen molar-refractivity contribution in [1.29, 1.82) is 0 Å². The maximum atomic E-state index is 6.06. The first-order valence-electron chi connectivity index (χ1n) is 7.60. The molecule has 0 aliphatic rings. The average molecular weight is 369 g/mol. The lowest BCUT2D eigenvalue weighted by Gasteiger charge is -2.06. The summed E-state index contributed by atoms with van der Waals surface area (Å²) in [7, 11) is 0. The van der Waals surface area contributed by atoms with Crippen LogP contribution in [0.5, 0.6) is 17.2 Å². The van der Waals surface area contributed by atoms with Crippen molar-refractivity contribution in [3.63, 3.8) is 0 Å². The Morgan fingerprint density at radius 1 is 0.760 bits per heavy atom. The van der Waals surface area contributed by atoms with Gasteiger partial charge in [0.2, 0.25) is 0 Å².